The van der Waals surface area contributed by atoms with Crippen LogP contribution in [0, 0.1) is 6.92 Å². The number of benzene rings is 1. The van der Waals surface area contributed by atoms with E-state index in [4.69, 9.17) is 4.74 Å². The minimum atomic E-state index is -0.779. The van der Waals surface area contributed by atoms with Gasteiger partial charge in [-0.1, -0.05) is 17.7 Å². The first-order chi connectivity index (χ1) is 10.7. The summed E-state index contributed by atoms with van der Waals surface area (Å²) in [6, 6.07) is 9.45. The van der Waals surface area contributed by atoms with Crippen LogP contribution >= 0.6 is 0 Å². The number of aryl methyl sites for hydroxylation is 1. The van der Waals surface area contributed by atoms with Crippen molar-refractivity contribution in [2.24, 2.45) is 0 Å². The van der Waals surface area contributed by atoms with Crippen LogP contribution in [0.25, 0.3) is 5.82 Å². The Labute approximate surface area is 128 Å². The van der Waals surface area contributed by atoms with Crippen LogP contribution in [0.5, 0.6) is 5.75 Å². The molecule has 0 radical (unpaired) electrons. The highest BCUT2D eigenvalue weighted by Crippen LogP contribution is 2.30. The first kappa shape index (κ1) is 14.3. The maximum absolute atomic E-state index is 10.6. The van der Waals surface area contributed by atoms with E-state index in [9.17, 15) is 5.11 Å². The minimum Gasteiger partial charge on any atom is -0.496 e. The summed E-state index contributed by atoms with van der Waals surface area (Å²) in [5, 5.41) is 10.6. The van der Waals surface area contributed by atoms with Gasteiger partial charge in [0.2, 0.25) is 0 Å². The summed E-state index contributed by atoms with van der Waals surface area (Å²) in [7, 11) is 1.60. The van der Waals surface area contributed by atoms with Gasteiger partial charge in [-0.05, 0) is 25.1 Å². The monoisotopic (exact) mass is 295 g/mol. The summed E-state index contributed by atoms with van der Waals surface area (Å²) < 4.78 is 7.14. The number of hydrogen-bond acceptors (Lipinski definition) is 4. The van der Waals surface area contributed by atoms with E-state index in [0.29, 0.717) is 11.3 Å². The Morgan fingerprint density at radius 3 is 2.73 bits per heavy atom. The van der Waals surface area contributed by atoms with Crippen molar-refractivity contribution < 1.29 is 9.84 Å². The molecule has 0 aliphatic rings. The smallest absolute Gasteiger partial charge is 0.137 e. The molecule has 2 heterocycles. The van der Waals surface area contributed by atoms with Gasteiger partial charge in [-0.15, -0.1) is 0 Å². The first-order valence-electron chi connectivity index (χ1n) is 6.96. The average Bonchev–Trinajstić information content (AvgIpc) is 3.09. The van der Waals surface area contributed by atoms with Crippen molar-refractivity contribution in [1.82, 2.24) is 14.5 Å². The summed E-state index contributed by atoms with van der Waals surface area (Å²) in [5.41, 5.74) is 2.52. The van der Waals surface area contributed by atoms with Gasteiger partial charge in [0.1, 0.15) is 24.0 Å². The molecule has 112 valence electrons. The van der Waals surface area contributed by atoms with Crippen LogP contribution in [0.15, 0.2) is 55.2 Å². The lowest BCUT2D eigenvalue weighted by Crippen LogP contribution is -2.04. The largest absolute Gasteiger partial charge is 0.496 e. The highest BCUT2D eigenvalue weighted by Gasteiger charge is 2.16. The van der Waals surface area contributed by atoms with Crippen molar-refractivity contribution in [1.29, 1.82) is 0 Å². The Bertz CT molecular complexity index is 752. The molecule has 5 heteroatoms. The Balaban J connectivity index is 1.92. The predicted octanol–water partition coefficient (Wildman–Crippen LogP) is 2.67. The third-order valence-corrected chi connectivity index (χ3v) is 3.54. The highest BCUT2D eigenvalue weighted by atomic mass is 16.5. The van der Waals surface area contributed by atoms with Gasteiger partial charge in [0.15, 0.2) is 0 Å². The van der Waals surface area contributed by atoms with Crippen molar-refractivity contribution in [3.63, 3.8) is 0 Å². The van der Waals surface area contributed by atoms with Crippen LogP contribution in [0.3, 0.4) is 0 Å². The van der Waals surface area contributed by atoms with Gasteiger partial charge in [-0.3, -0.25) is 4.57 Å². The molecule has 0 spiro atoms. The minimum absolute atomic E-state index is 0.664. The standard InChI is InChI=1S/C17H17N3O2/c1-12-3-5-15(22-2)14(9-12)17(21)13-4-6-16(19-10-13)20-8-7-18-11-20/h3-11,17,21H,1-2H3. The lowest BCUT2D eigenvalue weighted by Gasteiger charge is -2.16. The zero-order valence-corrected chi connectivity index (χ0v) is 12.5. The van der Waals surface area contributed by atoms with Crippen LogP contribution in [0.4, 0.5) is 0 Å². The number of nitrogens with zero attached hydrogens (tertiary/aromatic N) is 3. The third-order valence-electron chi connectivity index (χ3n) is 3.54. The van der Waals surface area contributed by atoms with E-state index in [-0.39, 0.29) is 0 Å². The molecule has 1 unspecified atom stereocenters. The normalized spacial score (nSPS) is 12.1. The molecule has 1 N–H and O–H groups in total. The number of rotatable bonds is 4. The Morgan fingerprint density at radius 2 is 2.09 bits per heavy atom. The summed E-state index contributed by atoms with van der Waals surface area (Å²) >= 11 is 0. The van der Waals surface area contributed by atoms with Gasteiger partial charge < -0.3 is 9.84 Å². The van der Waals surface area contributed by atoms with Crippen molar-refractivity contribution >= 4 is 0 Å². The fourth-order valence-electron chi connectivity index (χ4n) is 2.35. The molecular weight excluding hydrogens is 278 g/mol. The second kappa shape index (κ2) is 5.99. The summed E-state index contributed by atoms with van der Waals surface area (Å²) in [6.07, 6.45) is 6.09. The van der Waals surface area contributed by atoms with E-state index in [2.05, 4.69) is 9.97 Å². The molecule has 1 atom stereocenters. The number of aliphatic hydroxyl groups excluding tert-OH is 1. The molecular formula is C17H17N3O2. The van der Waals surface area contributed by atoms with Crippen molar-refractivity contribution in [2.75, 3.05) is 7.11 Å². The van der Waals surface area contributed by atoms with Gasteiger partial charge in [0, 0.05) is 29.7 Å². The molecule has 0 aliphatic heterocycles. The van der Waals surface area contributed by atoms with Crippen LogP contribution in [-0.4, -0.2) is 26.8 Å². The first-order valence-corrected chi connectivity index (χ1v) is 6.96. The Kier molecular flexibility index (Phi) is 3.89. The van der Waals surface area contributed by atoms with Crippen molar-refractivity contribution in [3.05, 3.63) is 71.9 Å². The molecule has 3 aromatic rings. The number of ether oxygens (including phenoxy) is 1. The molecule has 22 heavy (non-hydrogen) atoms. The average molecular weight is 295 g/mol. The van der Waals surface area contributed by atoms with E-state index in [1.165, 1.54) is 0 Å². The highest BCUT2D eigenvalue weighted by molar-refractivity contribution is 5.42. The molecule has 0 bridgehead atoms. The van der Waals surface area contributed by atoms with Crippen LogP contribution in [-0.2, 0) is 0 Å². The van der Waals surface area contributed by atoms with Crippen LogP contribution in [0.1, 0.15) is 22.8 Å². The molecule has 0 amide bonds. The second-order valence-electron chi connectivity index (χ2n) is 5.07. The van der Waals surface area contributed by atoms with Crippen LogP contribution < -0.4 is 4.74 Å². The lowest BCUT2D eigenvalue weighted by molar-refractivity contribution is 0.214. The van der Waals surface area contributed by atoms with Crippen LogP contribution in [0.2, 0.25) is 0 Å². The Hall–Kier alpha value is -2.66. The lowest BCUT2D eigenvalue weighted by atomic mass is 10.0. The van der Waals surface area contributed by atoms with Gasteiger partial charge in [-0.25, -0.2) is 9.97 Å². The molecule has 2 aromatic heterocycles. The molecule has 0 fully saturated rings. The van der Waals surface area contributed by atoms with E-state index in [1.807, 2.05) is 48.0 Å². The number of hydrogen-bond donors (Lipinski definition) is 1. The molecule has 1 aromatic carbocycles. The van der Waals surface area contributed by atoms with E-state index >= 15 is 0 Å². The summed E-state index contributed by atoms with van der Waals surface area (Å²) in [5.74, 6) is 1.42. The van der Waals surface area contributed by atoms with Crippen molar-refractivity contribution in [3.8, 4) is 11.6 Å². The van der Waals surface area contributed by atoms with E-state index in [1.54, 1.807) is 25.8 Å². The maximum atomic E-state index is 10.6. The zero-order chi connectivity index (χ0) is 15.5. The maximum Gasteiger partial charge on any atom is 0.137 e. The number of aromatic nitrogens is 3. The number of aliphatic hydroxyl groups is 1. The zero-order valence-electron chi connectivity index (χ0n) is 12.5. The number of methoxy groups -OCH3 is 1. The van der Waals surface area contributed by atoms with Crippen molar-refractivity contribution in [2.45, 2.75) is 13.0 Å². The number of pyridine rings is 1. The molecule has 0 saturated heterocycles. The molecule has 0 aliphatic carbocycles. The summed E-state index contributed by atoms with van der Waals surface area (Å²) in [6.45, 7) is 1.98. The van der Waals surface area contributed by atoms with E-state index in [0.717, 1.165) is 16.9 Å². The number of imidazole rings is 1. The second-order valence-corrected chi connectivity index (χ2v) is 5.07. The Morgan fingerprint density at radius 1 is 1.23 bits per heavy atom. The van der Waals surface area contributed by atoms with E-state index < -0.39 is 6.10 Å². The summed E-state index contributed by atoms with van der Waals surface area (Å²) in [4.78, 5) is 8.36. The third kappa shape index (κ3) is 2.71. The van der Waals surface area contributed by atoms with Gasteiger partial charge in [0.25, 0.3) is 0 Å². The fourth-order valence-corrected chi connectivity index (χ4v) is 2.35. The quantitative estimate of drug-likeness (QED) is 0.804. The van der Waals surface area contributed by atoms with Gasteiger partial charge in [0.05, 0.1) is 7.11 Å². The predicted molar refractivity (Wildman–Crippen MR) is 83.2 cm³/mol. The molecule has 5 nitrogen and oxygen atoms in total. The van der Waals surface area contributed by atoms with Gasteiger partial charge in [-0.2, -0.15) is 0 Å². The molecule has 3 rings (SSSR count). The van der Waals surface area contributed by atoms with Gasteiger partial charge >= 0.3 is 0 Å². The topological polar surface area (TPSA) is 60.2 Å². The fraction of sp³-hybridized carbons (Fsp3) is 0.176. The molecule has 0 saturated carbocycles. The SMILES string of the molecule is COc1ccc(C)cc1C(O)c1ccc(-n2ccnc2)nc1.